The number of benzene rings is 2. The zero-order valence-corrected chi connectivity index (χ0v) is 11.5. The van der Waals surface area contributed by atoms with Gasteiger partial charge in [-0.15, -0.1) is 0 Å². The summed E-state index contributed by atoms with van der Waals surface area (Å²) in [6.45, 7) is 0.592. The Kier molecular flexibility index (Phi) is 4.62. The summed E-state index contributed by atoms with van der Waals surface area (Å²) in [6, 6.07) is 18.3. The van der Waals surface area contributed by atoms with Gasteiger partial charge in [-0.3, -0.25) is 0 Å². The molecule has 0 unspecified atom stereocenters. The summed E-state index contributed by atoms with van der Waals surface area (Å²) in [4.78, 5) is 0. The summed E-state index contributed by atoms with van der Waals surface area (Å²) >= 11 is 2.28. The monoisotopic (exact) mass is 336 g/mol. The van der Waals surface area contributed by atoms with E-state index in [0.29, 0.717) is 6.61 Å². The van der Waals surface area contributed by atoms with Gasteiger partial charge < -0.3 is 4.74 Å². The molecule has 0 bridgehead atoms. The first-order chi connectivity index (χ1) is 8.34. The van der Waals surface area contributed by atoms with Crippen LogP contribution in [-0.2, 0) is 0 Å². The van der Waals surface area contributed by atoms with Crippen molar-refractivity contribution in [3.05, 3.63) is 69.8 Å². The Morgan fingerprint density at radius 1 is 1.00 bits per heavy atom. The SMILES string of the molecule is Ic1cccc(OCC=Cc2ccccc2)c1. The van der Waals surface area contributed by atoms with Crippen LogP contribution in [0.2, 0.25) is 0 Å². The number of halogens is 1. The highest BCUT2D eigenvalue weighted by atomic mass is 127. The van der Waals surface area contributed by atoms with Gasteiger partial charge in [0.05, 0.1) is 0 Å². The van der Waals surface area contributed by atoms with Crippen LogP contribution in [0.15, 0.2) is 60.7 Å². The van der Waals surface area contributed by atoms with E-state index in [1.807, 2.05) is 48.5 Å². The van der Waals surface area contributed by atoms with Crippen molar-refractivity contribution in [1.82, 2.24) is 0 Å². The molecule has 0 radical (unpaired) electrons. The summed E-state index contributed by atoms with van der Waals surface area (Å²) in [5.41, 5.74) is 1.19. The molecule has 2 aromatic rings. The van der Waals surface area contributed by atoms with Crippen molar-refractivity contribution >= 4 is 28.7 Å². The Hall–Kier alpha value is -1.29. The van der Waals surface area contributed by atoms with Gasteiger partial charge in [0.2, 0.25) is 0 Å². The third kappa shape index (κ3) is 4.23. The molecule has 0 aliphatic rings. The van der Waals surface area contributed by atoms with Gasteiger partial charge in [-0.2, -0.15) is 0 Å². The standard InChI is InChI=1S/C15H13IO/c16-14-9-4-10-15(12-14)17-11-5-8-13-6-2-1-3-7-13/h1-10,12H,11H2. The fourth-order valence-electron chi connectivity index (χ4n) is 1.45. The number of hydrogen-bond acceptors (Lipinski definition) is 1. The Balaban J connectivity index is 1.86. The second kappa shape index (κ2) is 6.45. The lowest BCUT2D eigenvalue weighted by Crippen LogP contribution is -1.93. The Labute approximate surface area is 115 Å². The fraction of sp³-hybridized carbons (Fsp3) is 0.0667. The molecule has 86 valence electrons. The molecule has 2 heteroatoms. The Bertz CT molecular complexity index is 491. The molecule has 0 aromatic heterocycles. The minimum absolute atomic E-state index is 0.592. The molecule has 17 heavy (non-hydrogen) atoms. The summed E-state index contributed by atoms with van der Waals surface area (Å²) in [5, 5.41) is 0. The van der Waals surface area contributed by atoms with Crippen LogP contribution in [-0.4, -0.2) is 6.61 Å². The summed E-state index contributed by atoms with van der Waals surface area (Å²) in [6.07, 6.45) is 4.09. The molecular weight excluding hydrogens is 323 g/mol. The van der Waals surface area contributed by atoms with Crippen molar-refractivity contribution in [3.8, 4) is 5.75 Å². The molecule has 0 atom stereocenters. The van der Waals surface area contributed by atoms with Crippen molar-refractivity contribution in [2.24, 2.45) is 0 Å². The predicted molar refractivity (Wildman–Crippen MR) is 80.1 cm³/mol. The average molecular weight is 336 g/mol. The highest BCUT2D eigenvalue weighted by molar-refractivity contribution is 14.1. The third-order valence-electron chi connectivity index (χ3n) is 2.25. The van der Waals surface area contributed by atoms with Crippen LogP contribution < -0.4 is 4.74 Å². The van der Waals surface area contributed by atoms with Crippen molar-refractivity contribution < 1.29 is 4.74 Å². The molecule has 0 fully saturated rings. The zero-order chi connectivity index (χ0) is 11.9. The van der Waals surface area contributed by atoms with E-state index in [1.54, 1.807) is 0 Å². The van der Waals surface area contributed by atoms with E-state index in [1.165, 1.54) is 9.13 Å². The van der Waals surface area contributed by atoms with Gasteiger partial charge in [-0.25, -0.2) is 0 Å². The maximum absolute atomic E-state index is 5.62. The lowest BCUT2D eigenvalue weighted by molar-refractivity contribution is 0.363. The van der Waals surface area contributed by atoms with Gasteiger partial charge in [0.1, 0.15) is 12.4 Å². The Morgan fingerprint density at radius 2 is 1.82 bits per heavy atom. The van der Waals surface area contributed by atoms with Gasteiger partial charge in [0.15, 0.2) is 0 Å². The van der Waals surface area contributed by atoms with Crippen LogP contribution in [0.1, 0.15) is 5.56 Å². The van der Waals surface area contributed by atoms with E-state index >= 15 is 0 Å². The zero-order valence-electron chi connectivity index (χ0n) is 9.34. The predicted octanol–water partition coefficient (Wildman–Crippen LogP) is 4.38. The minimum Gasteiger partial charge on any atom is -0.489 e. The molecule has 0 aliphatic heterocycles. The highest BCUT2D eigenvalue weighted by Crippen LogP contribution is 2.14. The second-order valence-electron chi connectivity index (χ2n) is 3.58. The molecule has 0 spiro atoms. The molecular formula is C15H13IO. The quantitative estimate of drug-likeness (QED) is 0.753. The summed E-state index contributed by atoms with van der Waals surface area (Å²) in [5.74, 6) is 0.912. The van der Waals surface area contributed by atoms with Gasteiger partial charge >= 0.3 is 0 Å². The third-order valence-corrected chi connectivity index (χ3v) is 2.92. The van der Waals surface area contributed by atoms with Crippen molar-refractivity contribution in [1.29, 1.82) is 0 Å². The summed E-state index contributed by atoms with van der Waals surface area (Å²) in [7, 11) is 0. The van der Waals surface area contributed by atoms with Crippen molar-refractivity contribution in [2.45, 2.75) is 0 Å². The van der Waals surface area contributed by atoms with E-state index in [4.69, 9.17) is 4.74 Å². The van der Waals surface area contributed by atoms with E-state index in [-0.39, 0.29) is 0 Å². The normalized spacial score (nSPS) is 10.6. The minimum atomic E-state index is 0.592. The van der Waals surface area contributed by atoms with Crippen LogP contribution in [0.3, 0.4) is 0 Å². The maximum atomic E-state index is 5.62. The lowest BCUT2D eigenvalue weighted by Gasteiger charge is -2.02. The molecule has 2 aromatic carbocycles. The molecule has 0 N–H and O–H groups in total. The van der Waals surface area contributed by atoms with Gasteiger partial charge in [-0.1, -0.05) is 42.5 Å². The number of rotatable bonds is 4. The molecule has 0 saturated carbocycles. The van der Waals surface area contributed by atoms with Crippen molar-refractivity contribution in [3.63, 3.8) is 0 Å². The van der Waals surface area contributed by atoms with Crippen molar-refractivity contribution in [2.75, 3.05) is 6.61 Å². The molecule has 0 saturated heterocycles. The van der Waals surface area contributed by atoms with E-state index in [0.717, 1.165) is 5.75 Å². The summed E-state index contributed by atoms with van der Waals surface area (Å²) < 4.78 is 6.80. The average Bonchev–Trinajstić information content (AvgIpc) is 2.36. The topological polar surface area (TPSA) is 9.23 Å². The molecule has 0 amide bonds. The maximum Gasteiger partial charge on any atom is 0.120 e. The molecule has 2 rings (SSSR count). The molecule has 0 aliphatic carbocycles. The van der Waals surface area contributed by atoms with Crippen LogP contribution in [0.4, 0.5) is 0 Å². The van der Waals surface area contributed by atoms with Gasteiger partial charge in [-0.05, 0) is 52.4 Å². The largest absolute Gasteiger partial charge is 0.489 e. The highest BCUT2D eigenvalue weighted by Gasteiger charge is 1.92. The van der Waals surface area contributed by atoms with Crippen LogP contribution in [0.25, 0.3) is 6.08 Å². The first-order valence-corrected chi connectivity index (χ1v) is 6.52. The van der Waals surface area contributed by atoms with Crippen LogP contribution >= 0.6 is 22.6 Å². The molecule has 1 nitrogen and oxygen atoms in total. The van der Waals surface area contributed by atoms with Crippen LogP contribution in [0.5, 0.6) is 5.75 Å². The fourth-order valence-corrected chi connectivity index (χ4v) is 1.96. The first-order valence-electron chi connectivity index (χ1n) is 5.44. The Morgan fingerprint density at radius 3 is 2.59 bits per heavy atom. The number of ether oxygens (including phenoxy) is 1. The van der Waals surface area contributed by atoms with Gasteiger partial charge in [0, 0.05) is 3.57 Å². The first kappa shape index (κ1) is 12.2. The number of hydrogen-bond donors (Lipinski definition) is 0. The van der Waals surface area contributed by atoms with E-state index in [2.05, 4.69) is 40.8 Å². The lowest BCUT2D eigenvalue weighted by atomic mass is 10.2. The smallest absolute Gasteiger partial charge is 0.120 e. The second-order valence-corrected chi connectivity index (χ2v) is 4.83. The van der Waals surface area contributed by atoms with E-state index in [9.17, 15) is 0 Å². The molecule has 0 heterocycles. The van der Waals surface area contributed by atoms with Gasteiger partial charge in [0.25, 0.3) is 0 Å². The van der Waals surface area contributed by atoms with Crippen LogP contribution in [0, 0.1) is 3.57 Å². The van der Waals surface area contributed by atoms with E-state index < -0.39 is 0 Å².